The molecule has 0 aromatic carbocycles. The maximum Gasteiger partial charge on any atom is 0.0525 e. The van der Waals surface area contributed by atoms with Crippen LogP contribution in [0.2, 0.25) is 0 Å². The van der Waals surface area contributed by atoms with Crippen LogP contribution in [0, 0.1) is 5.92 Å². The molecule has 1 unspecified atom stereocenters. The molecule has 2 aliphatic rings. The normalized spacial score (nSPS) is 23.8. The molecule has 2 saturated carbocycles. The van der Waals surface area contributed by atoms with Crippen LogP contribution in [0.25, 0.3) is 0 Å². The van der Waals surface area contributed by atoms with Crippen molar-refractivity contribution >= 4 is 0 Å². The summed E-state index contributed by atoms with van der Waals surface area (Å²) in [5, 5.41) is 4.54. The predicted molar refractivity (Wildman–Crippen MR) is 64.3 cm³/mol. The summed E-state index contributed by atoms with van der Waals surface area (Å²) in [6, 6.07) is 0.659. The minimum absolute atomic E-state index is 0.565. The Morgan fingerprint density at radius 3 is 2.69 bits per heavy atom. The smallest absolute Gasteiger partial charge is 0.0525 e. The van der Waals surface area contributed by atoms with E-state index in [1.54, 1.807) is 0 Å². The van der Waals surface area contributed by atoms with Crippen molar-refractivity contribution in [2.24, 2.45) is 11.7 Å². The average Bonchev–Trinajstić information content (AvgIpc) is 2.84. The molecular weight excluding hydrogens is 198 g/mol. The van der Waals surface area contributed by atoms with Gasteiger partial charge in [0.05, 0.1) is 12.2 Å². The third-order valence-corrected chi connectivity index (χ3v) is 4.19. The van der Waals surface area contributed by atoms with Crippen LogP contribution >= 0.6 is 0 Å². The lowest BCUT2D eigenvalue weighted by Gasteiger charge is -2.12. The highest BCUT2D eigenvalue weighted by Gasteiger charge is 2.32. The van der Waals surface area contributed by atoms with E-state index in [1.807, 2.05) is 6.20 Å². The molecule has 1 aromatic rings. The van der Waals surface area contributed by atoms with Crippen molar-refractivity contribution in [3.8, 4) is 0 Å². The van der Waals surface area contributed by atoms with Gasteiger partial charge in [0, 0.05) is 12.1 Å². The van der Waals surface area contributed by atoms with Gasteiger partial charge in [-0.2, -0.15) is 5.10 Å². The highest BCUT2D eigenvalue weighted by molar-refractivity contribution is 5.16. The summed E-state index contributed by atoms with van der Waals surface area (Å²) >= 11 is 0. The summed E-state index contributed by atoms with van der Waals surface area (Å²) in [6.45, 7) is 0.779. The predicted octanol–water partition coefficient (Wildman–Crippen LogP) is 2.45. The largest absolute Gasteiger partial charge is 0.330 e. The third-order valence-electron chi connectivity index (χ3n) is 4.19. The Balaban J connectivity index is 1.75. The second kappa shape index (κ2) is 4.21. The first kappa shape index (κ1) is 10.3. The van der Waals surface area contributed by atoms with Crippen LogP contribution in [0.4, 0.5) is 0 Å². The van der Waals surface area contributed by atoms with Crippen LogP contribution in [0.1, 0.15) is 56.0 Å². The van der Waals surface area contributed by atoms with Gasteiger partial charge in [-0.25, -0.2) is 0 Å². The zero-order valence-corrected chi connectivity index (χ0v) is 9.81. The van der Waals surface area contributed by atoms with Gasteiger partial charge >= 0.3 is 0 Å². The molecule has 2 fully saturated rings. The molecule has 0 saturated heterocycles. The van der Waals surface area contributed by atoms with Gasteiger partial charge in [-0.3, -0.25) is 4.68 Å². The highest BCUT2D eigenvalue weighted by Crippen LogP contribution is 2.42. The van der Waals surface area contributed by atoms with E-state index < -0.39 is 0 Å². The van der Waals surface area contributed by atoms with Gasteiger partial charge in [-0.1, -0.05) is 12.8 Å². The molecule has 88 valence electrons. The molecule has 0 amide bonds. The fourth-order valence-corrected chi connectivity index (χ4v) is 3.01. The molecule has 1 heterocycles. The standard InChI is InChI=1S/C13H21N3/c14-7-13(10-5-6-10)11-8-15-16(9-11)12-3-1-2-4-12/h8-10,12-13H,1-7,14H2. The number of hydrogen-bond acceptors (Lipinski definition) is 2. The monoisotopic (exact) mass is 219 g/mol. The molecule has 0 aliphatic heterocycles. The van der Waals surface area contributed by atoms with Crippen molar-refractivity contribution < 1.29 is 0 Å². The summed E-state index contributed by atoms with van der Waals surface area (Å²) in [4.78, 5) is 0. The minimum Gasteiger partial charge on any atom is -0.330 e. The highest BCUT2D eigenvalue weighted by atomic mass is 15.3. The molecule has 3 nitrogen and oxygen atoms in total. The van der Waals surface area contributed by atoms with Gasteiger partial charge in [-0.05, 0) is 43.7 Å². The fourth-order valence-electron chi connectivity index (χ4n) is 3.01. The molecule has 0 bridgehead atoms. The Bertz CT molecular complexity index is 348. The third kappa shape index (κ3) is 1.88. The van der Waals surface area contributed by atoms with Crippen molar-refractivity contribution in [1.29, 1.82) is 0 Å². The van der Waals surface area contributed by atoms with E-state index in [2.05, 4.69) is 16.0 Å². The Hall–Kier alpha value is -0.830. The van der Waals surface area contributed by atoms with Crippen LogP contribution in [0.5, 0.6) is 0 Å². The first-order valence-corrected chi connectivity index (χ1v) is 6.62. The van der Waals surface area contributed by atoms with Crippen LogP contribution in [0.3, 0.4) is 0 Å². The lowest BCUT2D eigenvalue weighted by molar-refractivity contribution is 0.465. The van der Waals surface area contributed by atoms with Crippen LogP contribution < -0.4 is 5.73 Å². The second-order valence-corrected chi connectivity index (χ2v) is 5.37. The van der Waals surface area contributed by atoms with Crippen molar-refractivity contribution in [2.75, 3.05) is 6.54 Å². The van der Waals surface area contributed by atoms with Gasteiger partial charge in [0.2, 0.25) is 0 Å². The molecule has 0 spiro atoms. The summed E-state index contributed by atoms with van der Waals surface area (Å²) in [5.74, 6) is 1.40. The Kier molecular flexibility index (Phi) is 2.72. The number of aromatic nitrogens is 2. The van der Waals surface area contributed by atoms with E-state index in [0.29, 0.717) is 12.0 Å². The Labute approximate surface area is 97.0 Å². The molecule has 1 atom stereocenters. The van der Waals surface area contributed by atoms with Gasteiger partial charge in [0.1, 0.15) is 0 Å². The van der Waals surface area contributed by atoms with Crippen molar-refractivity contribution in [1.82, 2.24) is 9.78 Å². The lowest BCUT2D eigenvalue weighted by Crippen LogP contribution is -2.14. The molecular formula is C13H21N3. The number of nitrogens with two attached hydrogens (primary N) is 1. The number of rotatable bonds is 4. The van der Waals surface area contributed by atoms with Gasteiger partial charge in [0.25, 0.3) is 0 Å². The van der Waals surface area contributed by atoms with E-state index >= 15 is 0 Å². The first-order valence-electron chi connectivity index (χ1n) is 6.62. The topological polar surface area (TPSA) is 43.8 Å². The fraction of sp³-hybridized carbons (Fsp3) is 0.769. The average molecular weight is 219 g/mol. The lowest BCUT2D eigenvalue weighted by atomic mass is 9.97. The maximum absolute atomic E-state index is 5.87. The van der Waals surface area contributed by atoms with Crippen molar-refractivity contribution in [3.63, 3.8) is 0 Å². The van der Waals surface area contributed by atoms with Crippen LogP contribution in [-0.2, 0) is 0 Å². The van der Waals surface area contributed by atoms with Gasteiger partial charge in [-0.15, -0.1) is 0 Å². The van der Waals surface area contributed by atoms with E-state index in [0.717, 1.165) is 12.5 Å². The van der Waals surface area contributed by atoms with E-state index in [1.165, 1.54) is 44.1 Å². The van der Waals surface area contributed by atoms with E-state index in [-0.39, 0.29) is 0 Å². The van der Waals surface area contributed by atoms with Crippen molar-refractivity contribution in [2.45, 2.75) is 50.5 Å². The maximum atomic E-state index is 5.87. The van der Waals surface area contributed by atoms with Crippen LogP contribution in [0.15, 0.2) is 12.4 Å². The first-order chi connectivity index (χ1) is 7.88. The SMILES string of the molecule is NCC(c1cnn(C2CCCC2)c1)C1CC1. The molecule has 3 heteroatoms. The van der Waals surface area contributed by atoms with E-state index in [4.69, 9.17) is 5.73 Å². The zero-order chi connectivity index (χ0) is 11.0. The summed E-state index contributed by atoms with van der Waals surface area (Å²) in [7, 11) is 0. The Morgan fingerprint density at radius 1 is 1.31 bits per heavy atom. The van der Waals surface area contributed by atoms with Gasteiger partial charge in [0.15, 0.2) is 0 Å². The molecule has 1 aromatic heterocycles. The zero-order valence-electron chi connectivity index (χ0n) is 9.81. The van der Waals surface area contributed by atoms with Gasteiger partial charge < -0.3 is 5.73 Å². The van der Waals surface area contributed by atoms with E-state index in [9.17, 15) is 0 Å². The number of hydrogen-bond donors (Lipinski definition) is 1. The molecule has 2 N–H and O–H groups in total. The summed E-state index contributed by atoms with van der Waals surface area (Å²) < 4.78 is 2.19. The molecule has 3 rings (SSSR count). The summed E-state index contributed by atoms with van der Waals surface area (Å²) in [5.41, 5.74) is 7.24. The molecule has 2 aliphatic carbocycles. The summed E-state index contributed by atoms with van der Waals surface area (Å²) in [6.07, 6.45) is 12.4. The molecule has 16 heavy (non-hydrogen) atoms. The molecule has 0 radical (unpaired) electrons. The van der Waals surface area contributed by atoms with Crippen molar-refractivity contribution in [3.05, 3.63) is 18.0 Å². The minimum atomic E-state index is 0.565. The second-order valence-electron chi connectivity index (χ2n) is 5.37. The number of nitrogens with zero attached hydrogens (tertiary/aromatic N) is 2. The quantitative estimate of drug-likeness (QED) is 0.845. The van der Waals surface area contributed by atoms with Crippen LogP contribution in [-0.4, -0.2) is 16.3 Å². The Morgan fingerprint density at radius 2 is 2.06 bits per heavy atom.